The predicted octanol–water partition coefficient (Wildman–Crippen LogP) is 2.40. The molecule has 0 aliphatic heterocycles. The number of aromatic nitrogens is 2. The van der Waals surface area contributed by atoms with E-state index in [2.05, 4.69) is 25.9 Å². The third-order valence-corrected chi connectivity index (χ3v) is 2.29. The highest BCUT2D eigenvalue weighted by molar-refractivity contribution is 9.09. The molecule has 1 aromatic heterocycles. The van der Waals surface area contributed by atoms with E-state index >= 15 is 0 Å². The van der Waals surface area contributed by atoms with Crippen LogP contribution in [0.15, 0.2) is 6.07 Å². The summed E-state index contributed by atoms with van der Waals surface area (Å²) >= 11 is 3.40. The van der Waals surface area contributed by atoms with Gasteiger partial charge in [-0.3, -0.25) is 0 Å². The van der Waals surface area contributed by atoms with E-state index in [-0.39, 0.29) is 6.10 Å². The molecule has 1 heterocycles. The van der Waals surface area contributed by atoms with Gasteiger partial charge in [-0.2, -0.15) is 4.98 Å². The van der Waals surface area contributed by atoms with Gasteiger partial charge in [-0.1, -0.05) is 15.9 Å². The minimum Gasteiger partial charge on any atom is -0.475 e. The van der Waals surface area contributed by atoms with E-state index < -0.39 is 0 Å². The summed E-state index contributed by atoms with van der Waals surface area (Å²) < 4.78 is 5.57. The van der Waals surface area contributed by atoms with Crippen molar-refractivity contribution in [2.24, 2.45) is 0 Å². The maximum Gasteiger partial charge on any atom is 0.228 e. The summed E-state index contributed by atoms with van der Waals surface area (Å²) in [6, 6.07) is 1.85. The molecule has 5 heteroatoms. The highest BCUT2D eigenvalue weighted by atomic mass is 79.9. The second-order valence-corrected chi connectivity index (χ2v) is 4.72. The molecule has 16 heavy (non-hydrogen) atoms. The molecule has 0 bridgehead atoms. The molecule has 0 aliphatic carbocycles. The number of alkyl halides is 1. The predicted molar refractivity (Wildman–Crippen MR) is 69.6 cm³/mol. The number of halogens is 1. The van der Waals surface area contributed by atoms with E-state index in [9.17, 15) is 0 Å². The van der Waals surface area contributed by atoms with Crippen molar-refractivity contribution in [1.29, 1.82) is 0 Å². The van der Waals surface area contributed by atoms with E-state index in [0.717, 1.165) is 17.6 Å². The Bertz CT molecular complexity index is 344. The summed E-state index contributed by atoms with van der Waals surface area (Å²) in [6.45, 7) is 6.78. The molecule has 0 amide bonds. The van der Waals surface area contributed by atoms with Crippen molar-refractivity contribution in [3.63, 3.8) is 0 Å². The smallest absolute Gasteiger partial charge is 0.228 e. The molecule has 1 aromatic rings. The van der Waals surface area contributed by atoms with Crippen molar-refractivity contribution in [3.8, 4) is 5.88 Å². The van der Waals surface area contributed by atoms with Crippen LogP contribution in [0.25, 0.3) is 0 Å². The van der Waals surface area contributed by atoms with Crippen LogP contribution >= 0.6 is 15.9 Å². The Labute approximate surface area is 105 Å². The quantitative estimate of drug-likeness (QED) is 0.780. The number of ether oxygens (including phenoxy) is 1. The summed E-state index contributed by atoms with van der Waals surface area (Å²) in [6.07, 6.45) is 0.128. The number of nitrogens with zero attached hydrogens (tertiary/aromatic N) is 3. The Hall–Kier alpha value is -0.840. The zero-order chi connectivity index (χ0) is 12.1. The van der Waals surface area contributed by atoms with Crippen molar-refractivity contribution in [2.75, 3.05) is 23.8 Å². The van der Waals surface area contributed by atoms with E-state index in [1.54, 1.807) is 0 Å². The number of aryl methyl sites for hydroxylation is 1. The van der Waals surface area contributed by atoms with Gasteiger partial charge in [0.05, 0.1) is 6.10 Å². The van der Waals surface area contributed by atoms with E-state index in [1.165, 1.54) is 0 Å². The molecule has 0 saturated carbocycles. The fraction of sp³-hybridized carbons (Fsp3) is 0.636. The van der Waals surface area contributed by atoms with Gasteiger partial charge in [0, 0.05) is 30.7 Å². The van der Waals surface area contributed by atoms with Gasteiger partial charge in [0.25, 0.3) is 0 Å². The molecule has 0 unspecified atom stereocenters. The van der Waals surface area contributed by atoms with E-state index in [4.69, 9.17) is 4.74 Å². The fourth-order valence-electron chi connectivity index (χ4n) is 1.22. The van der Waals surface area contributed by atoms with Crippen molar-refractivity contribution in [1.82, 2.24) is 9.97 Å². The summed E-state index contributed by atoms with van der Waals surface area (Å²) in [4.78, 5) is 10.7. The maximum atomic E-state index is 5.57. The van der Waals surface area contributed by atoms with Gasteiger partial charge in [-0.15, -0.1) is 0 Å². The molecule has 0 aliphatic rings. The first-order chi connectivity index (χ1) is 7.52. The lowest BCUT2D eigenvalue weighted by Gasteiger charge is -2.17. The van der Waals surface area contributed by atoms with Crippen LogP contribution in [0.2, 0.25) is 0 Å². The summed E-state index contributed by atoms with van der Waals surface area (Å²) in [7, 11) is 1.97. The largest absolute Gasteiger partial charge is 0.475 e. The Morgan fingerprint density at radius 2 is 2.12 bits per heavy atom. The van der Waals surface area contributed by atoms with Crippen LogP contribution in [0, 0.1) is 6.92 Å². The van der Waals surface area contributed by atoms with Crippen LogP contribution in [0.1, 0.15) is 19.5 Å². The standard InChI is InChI=1S/C11H18BrN3O/c1-8(2)16-10-7-9(3)13-11(14-10)15(4)6-5-12/h7-8H,5-6H2,1-4H3. The van der Waals surface area contributed by atoms with Gasteiger partial charge < -0.3 is 9.64 Å². The molecule has 4 nitrogen and oxygen atoms in total. The average molecular weight is 288 g/mol. The van der Waals surface area contributed by atoms with Gasteiger partial charge in [0.15, 0.2) is 0 Å². The molecule has 0 atom stereocenters. The zero-order valence-electron chi connectivity index (χ0n) is 10.2. The van der Waals surface area contributed by atoms with Crippen LogP contribution in [0.4, 0.5) is 5.95 Å². The van der Waals surface area contributed by atoms with Gasteiger partial charge in [0.2, 0.25) is 11.8 Å². The fourth-order valence-corrected chi connectivity index (χ4v) is 1.76. The molecule has 1 rings (SSSR count). The summed E-state index contributed by atoms with van der Waals surface area (Å²) in [5, 5.41) is 0.890. The topological polar surface area (TPSA) is 38.2 Å². The lowest BCUT2D eigenvalue weighted by molar-refractivity contribution is 0.232. The van der Waals surface area contributed by atoms with E-state index in [0.29, 0.717) is 11.8 Å². The van der Waals surface area contributed by atoms with Gasteiger partial charge in [-0.05, 0) is 20.8 Å². The summed E-state index contributed by atoms with van der Waals surface area (Å²) in [5.41, 5.74) is 0.919. The second kappa shape index (κ2) is 6.03. The average Bonchev–Trinajstić information content (AvgIpc) is 2.15. The molecule has 0 aromatic carbocycles. The molecule has 90 valence electrons. The normalized spacial score (nSPS) is 10.6. The zero-order valence-corrected chi connectivity index (χ0v) is 11.8. The van der Waals surface area contributed by atoms with Crippen molar-refractivity contribution in [2.45, 2.75) is 26.9 Å². The van der Waals surface area contributed by atoms with Gasteiger partial charge >= 0.3 is 0 Å². The first-order valence-electron chi connectivity index (χ1n) is 5.32. The molecular weight excluding hydrogens is 270 g/mol. The second-order valence-electron chi connectivity index (χ2n) is 3.92. The minimum absolute atomic E-state index is 0.128. The number of hydrogen-bond acceptors (Lipinski definition) is 4. The monoisotopic (exact) mass is 287 g/mol. The van der Waals surface area contributed by atoms with Crippen LogP contribution in [-0.2, 0) is 0 Å². The first kappa shape index (κ1) is 13.2. The minimum atomic E-state index is 0.128. The number of rotatable bonds is 5. The number of hydrogen-bond donors (Lipinski definition) is 0. The Morgan fingerprint density at radius 3 is 2.69 bits per heavy atom. The Morgan fingerprint density at radius 1 is 1.44 bits per heavy atom. The summed E-state index contributed by atoms with van der Waals surface area (Å²) in [5.74, 6) is 1.34. The lowest BCUT2D eigenvalue weighted by atomic mass is 10.4. The lowest BCUT2D eigenvalue weighted by Crippen LogP contribution is -2.22. The van der Waals surface area contributed by atoms with Gasteiger partial charge in [-0.25, -0.2) is 4.98 Å². The molecule has 0 spiro atoms. The molecule has 0 fully saturated rings. The molecular formula is C11H18BrN3O. The van der Waals surface area contributed by atoms with Crippen LogP contribution in [0.5, 0.6) is 5.88 Å². The maximum absolute atomic E-state index is 5.57. The highest BCUT2D eigenvalue weighted by Crippen LogP contribution is 2.15. The SMILES string of the molecule is Cc1cc(OC(C)C)nc(N(C)CCBr)n1. The Balaban J connectivity index is 2.89. The Kier molecular flexibility index (Phi) is 4.99. The van der Waals surface area contributed by atoms with E-state index in [1.807, 2.05) is 38.8 Å². The number of anilines is 1. The van der Waals surface area contributed by atoms with Crippen molar-refractivity contribution < 1.29 is 4.74 Å². The van der Waals surface area contributed by atoms with Crippen molar-refractivity contribution in [3.05, 3.63) is 11.8 Å². The third-order valence-electron chi connectivity index (χ3n) is 1.94. The first-order valence-corrected chi connectivity index (χ1v) is 6.44. The third kappa shape index (κ3) is 3.96. The highest BCUT2D eigenvalue weighted by Gasteiger charge is 2.08. The molecule has 0 saturated heterocycles. The van der Waals surface area contributed by atoms with Crippen LogP contribution in [-0.4, -0.2) is 35.0 Å². The van der Waals surface area contributed by atoms with Crippen LogP contribution in [0.3, 0.4) is 0 Å². The van der Waals surface area contributed by atoms with Crippen molar-refractivity contribution >= 4 is 21.9 Å². The molecule has 0 radical (unpaired) electrons. The molecule has 0 N–H and O–H groups in total. The van der Waals surface area contributed by atoms with Gasteiger partial charge in [0.1, 0.15) is 0 Å². The van der Waals surface area contributed by atoms with Crippen LogP contribution < -0.4 is 9.64 Å².